The van der Waals surface area contributed by atoms with Crippen molar-refractivity contribution in [3.05, 3.63) is 52.5 Å². The van der Waals surface area contributed by atoms with E-state index in [1.807, 2.05) is 30.3 Å². The minimum atomic E-state index is -0.392. The lowest BCUT2D eigenvalue weighted by Gasteiger charge is -2.02. The molecule has 1 heterocycles. The smallest absolute Gasteiger partial charge is 0.357 e. The van der Waals surface area contributed by atoms with E-state index >= 15 is 0 Å². The van der Waals surface area contributed by atoms with E-state index < -0.39 is 5.63 Å². The van der Waals surface area contributed by atoms with Gasteiger partial charge in [0, 0.05) is 0 Å². The molecule has 0 aliphatic rings. The van der Waals surface area contributed by atoms with Crippen LogP contribution in [0.5, 0.6) is 5.75 Å². The lowest BCUT2D eigenvalue weighted by Crippen LogP contribution is -1.95. The average Bonchev–Trinajstić information content (AvgIpc) is 2.63. The van der Waals surface area contributed by atoms with Crippen LogP contribution in [-0.2, 0) is 6.61 Å². The molecule has 0 spiro atoms. The third kappa shape index (κ3) is 2.04. The summed E-state index contributed by atoms with van der Waals surface area (Å²) in [6.07, 6.45) is 0. The summed E-state index contributed by atoms with van der Waals surface area (Å²) < 4.78 is 9.87. The van der Waals surface area contributed by atoms with Crippen LogP contribution in [0, 0.1) is 0 Å². The zero-order valence-corrected chi connectivity index (χ0v) is 7.40. The fourth-order valence-corrected chi connectivity index (χ4v) is 1.07. The largest absolute Gasteiger partial charge is 0.487 e. The topological polar surface area (TPSA) is 55.2 Å². The molecular weight excluding hydrogens is 182 g/mol. The van der Waals surface area contributed by atoms with Crippen LogP contribution in [0.2, 0.25) is 0 Å². The van der Waals surface area contributed by atoms with E-state index in [0.29, 0.717) is 12.3 Å². The van der Waals surface area contributed by atoms with Crippen molar-refractivity contribution in [2.45, 2.75) is 6.61 Å². The molecule has 0 saturated heterocycles. The fraction of sp³-hybridized carbons (Fsp3) is 0.100. The SMILES string of the molecule is O=c1cc(COc2ccccc2)[nH]o1. The second kappa shape index (κ2) is 3.83. The highest BCUT2D eigenvalue weighted by atomic mass is 16.5. The summed E-state index contributed by atoms with van der Waals surface area (Å²) in [6, 6.07) is 10.7. The Balaban J connectivity index is 1.98. The van der Waals surface area contributed by atoms with Gasteiger partial charge in [-0.05, 0) is 12.1 Å². The second-order valence-electron chi connectivity index (χ2n) is 2.79. The Morgan fingerprint density at radius 3 is 2.71 bits per heavy atom. The van der Waals surface area contributed by atoms with Gasteiger partial charge in [-0.3, -0.25) is 0 Å². The number of ether oxygens (including phenoxy) is 1. The molecule has 14 heavy (non-hydrogen) atoms. The first kappa shape index (κ1) is 8.62. The van der Waals surface area contributed by atoms with Crippen LogP contribution < -0.4 is 10.4 Å². The molecule has 0 saturated carbocycles. The monoisotopic (exact) mass is 191 g/mol. The summed E-state index contributed by atoms with van der Waals surface area (Å²) in [4.78, 5) is 10.6. The summed E-state index contributed by atoms with van der Waals surface area (Å²) in [7, 11) is 0. The van der Waals surface area contributed by atoms with Crippen LogP contribution in [0.25, 0.3) is 0 Å². The average molecular weight is 191 g/mol. The molecule has 4 nitrogen and oxygen atoms in total. The first-order valence-corrected chi connectivity index (χ1v) is 4.20. The zero-order valence-electron chi connectivity index (χ0n) is 7.40. The molecule has 2 rings (SSSR count). The van der Waals surface area contributed by atoms with Crippen molar-refractivity contribution in [3.8, 4) is 5.75 Å². The molecular formula is C10H9NO3. The van der Waals surface area contributed by atoms with Gasteiger partial charge in [0.2, 0.25) is 0 Å². The molecule has 0 aliphatic heterocycles. The van der Waals surface area contributed by atoms with Crippen LogP contribution >= 0.6 is 0 Å². The molecule has 0 radical (unpaired) electrons. The predicted octanol–water partition coefficient (Wildman–Crippen LogP) is 1.55. The Bertz CT molecular complexity index is 444. The van der Waals surface area contributed by atoms with Crippen LogP contribution in [0.3, 0.4) is 0 Å². The molecule has 1 aromatic carbocycles. The van der Waals surface area contributed by atoms with Gasteiger partial charge < -0.3 is 9.26 Å². The van der Waals surface area contributed by atoms with Gasteiger partial charge in [-0.25, -0.2) is 9.95 Å². The maximum atomic E-state index is 10.6. The van der Waals surface area contributed by atoms with Crippen molar-refractivity contribution in [2.24, 2.45) is 0 Å². The van der Waals surface area contributed by atoms with Crippen molar-refractivity contribution < 1.29 is 9.26 Å². The Kier molecular flexibility index (Phi) is 2.36. The molecule has 1 aromatic heterocycles. The standard InChI is InChI=1S/C10H9NO3/c12-10-6-8(11-14-10)7-13-9-4-2-1-3-5-9/h1-6,11H,7H2. The number of hydrogen-bond acceptors (Lipinski definition) is 3. The van der Waals surface area contributed by atoms with E-state index in [9.17, 15) is 4.79 Å². The van der Waals surface area contributed by atoms with Crippen molar-refractivity contribution in [1.82, 2.24) is 5.16 Å². The normalized spacial score (nSPS) is 10.0. The summed E-state index contributed by atoms with van der Waals surface area (Å²) in [5, 5.41) is 2.46. The fourth-order valence-electron chi connectivity index (χ4n) is 1.07. The van der Waals surface area contributed by atoms with E-state index in [2.05, 4.69) is 9.68 Å². The number of para-hydroxylation sites is 1. The Hall–Kier alpha value is -1.97. The van der Waals surface area contributed by atoms with Crippen LogP contribution in [0.15, 0.2) is 45.7 Å². The lowest BCUT2D eigenvalue weighted by molar-refractivity contribution is 0.287. The van der Waals surface area contributed by atoms with Gasteiger partial charge in [0.05, 0.1) is 11.8 Å². The van der Waals surface area contributed by atoms with Gasteiger partial charge in [0.15, 0.2) is 0 Å². The number of aromatic amines is 1. The number of nitrogens with one attached hydrogen (secondary N) is 1. The third-order valence-corrected chi connectivity index (χ3v) is 1.71. The summed E-state index contributed by atoms with van der Waals surface area (Å²) in [6.45, 7) is 0.301. The number of aromatic nitrogens is 1. The molecule has 4 heteroatoms. The number of H-pyrrole nitrogens is 1. The Morgan fingerprint density at radius 1 is 1.29 bits per heavy atom. The first-order valence-electron chi connectivity index (χ1n) is 4.20. The number of rotatable bonds is 3. The van der Waals surface area contributed by atoms with E-state index in [1.54, 1.807) is 0 Å². The maximum absolute atomic E-state index is 10.6. The van der Waals surface area contributed by atoms with Crippen molar-refractivity contribution >= 4 is 0 Å². The highest BCUT2D eigenvalue weighted by Crippen LogP contribution is 2.09. The minimum Gasteiger partial charge on any atom is -0.487 e. The summed E-state index contributed by atoms with van der Waals surface area (Å²) >= 11 is 0. The number of benzene rings is 1. The molecule has 0 fully saturated rings. The minimum absolute atomic E-state index is 0.301. The van der Waals surface area contributed by atoms with Crippen molar-refractivity contribution in [2.75, 3.05) is 0 Å². The van der Waals surface area contributed by atoms with E-state index in [4.69, 9.17) is 4.74 Å². The van der Waals surface area contributed by atoms with Crippen LogP contribution in [0.4, 0.5) is 0 Å². The highest BCUT2D eigenvalue weighted by molar-refractivity contribution is 5.21. The molecule has 72 valence electrons. The van der Waals surface area contributed by atoms with Gasteiger partial charge in [0.1, 0.15) is 12.4 Å². The van der Waals surface area contributed by atoms with Gasteiger partial charge in [0.25, 0.3) is 0 Å². The van der Waals surface area contributed by atoms with Crippen LogP contribution in [-0.4, -0.2) is 5.16 Å². The van der Waals surface area contributed by atoms with Crippen molar-refractivity contribution in [1.29, 1.82) is 0 Å². The first-order chi connectivity index (χ1) is 6.84. The molecule has 2 aromatic rings. The van der Waals surface area contributed by atoms with Gasteiger partial charge >= 0.3 is 5.63 Å². The second-order valence-corrected chi connectivity index (χ2v) is 2.79. The summed E-state index contributed by atoms with van der Waals surface area (Å²) in [5.74, 6) is 0.759. The molecule has 1 N–H and O–H groups in total. The van der Waals surface area contributed by atoms with Gasteiger partial charge in [-0.15, -0.1) is 0 Å². The molecule has 0 aliphatic carbocycles. The summed E-state index contributed by atoms with van der Waals surface area (Å²) in [5.41, 5.74) is 0.232. The number of hydrogen-bond donors (Lipinski definition) is 1. The third-order valence-electron chi connectivity index (χ3n) is 1.71. The van der Waals surface area contributed by atoms with E-state index in [0.717, 1.165) is 5.75 Å². The maximum Gasteiger partial charge on any atom is 0.357 e. The highest BCUT2D eigenvalue weighted by Gasteiger charge is 1.98. The lowest BCUT2D eigenvalue weighted by atomic mass is 10.3. The molecule has 0 unspecified atom stereocenters. The Labute approximate surface area is 80.1 Å². The van der Waals surface area contributed by atoms with E-state index in [-0.39, 0.29) is 0 Å². The zero-order chi connectivity index (χ0) is 9.80. The Morgan fingerprint density at radius 2 is 2.07 bits per heavy atom. The van der Waals surface area contributed by atoms with E-state index in [1.165, 1.54) is 6.07 Å². The molecule has 0 amide bonds. The molecule has 0 bridgehead atoms. The van der Waals surface area contributed by atoms with Crippen LogP contribution in [0.1, 0.15) is 5.69 Å². The van der Waals surface area contributed by atoms with Gasteiger partial charge in [-0.1, -0.05) is 18.2 Å². The molecule has 0 atom stereocenters. The predicted molar refractivity (Wildman–Crippen MR) is 50.1 cm³/mol. The van der Waals surface area contributed by atoms with Crippen molar-refractivity contribution in [3.63, 3.8) is 0 Å². The van der Waals surface area contributed by atoms with Gasteiger partial charge in [-0.2, -0.15) is 0 Å². The quantitative estimate of drug-likeness (QED) is 0.800.